The molecule has 0 amide bonds. The lowest BCUT2D eigenvalue weighted by Crippen LogP contribution is -2.03. The molecule has 1 aromatic heterocycles. The fourth-order valence-electron chi connectivity index (χ4n) is 2.31. The van der Waals surface area contributed by atoms with Crippen molar-refractivity contribution in [1.82, 2.24) is 4.98 Å². The van der Waals surface area contributed by atoms with E-state index in [0.29, 0.717) is 29.2 Å². The Morgan fingerprint density at radius 3 is 2.69 bits per heavy atom. The van der Waals surface area contributed by atoms with E-state index >= 15 is 0 Å². The molecule has 0 unspecified atom stereocenters. The Morgan fingerprint density at radius 1 is 1.12 bits per heavy atom. The van der Waals surface area contributed by atoms with Gasteiger partial charge in [-0.25, -0.2) is 9.78 Å². The largest absolute Gasteiger partial charge is 0.504 e. The van der Waals surface area contributed by atoms with E-state index in [1.807, 2.05) is 0 Å². The Kier molecular flexibility index (Phi) is 5.03. The van der Waals surface area contributed by atoms with E-state index in [-0.39, 0.29) is 11.5 Å². The second-order valence-corrected chi connectivity index (χ2v) is 5.42. The Morgan fingerprint density at radius 2 is 1.92 bits per heavy atom. The third kappa shape index (κ3) is 3.92. The van der Waals surface area contributed by atoms with Gasteiger partial charge < -0.3 is 19.4 Å². The number of carbonyl (C=O) groups is 1. The maximum Gasteiger partial charge on any atom is 0.338 e. The molecule has 2 N–H and O–H groups in total. The number of rotatable bonds is 5. The lowest BCUT2D eigenvalue weighted by Gasteiger charge is -2.00. The smallest absolute Gasteiger partial charge is 0.338 e. The second-order valence-electron chi connectivity index (χ2n) is 5.42. The summed E-state index contributed by atoms with van der Waals surface area (Å²) in [7, 11) is 0. The summed E-state index contributed by atoms with van der Waals surface area (Å²) < 4.78 is 10.6. The van der Waals surface area contributed by atoms with Crippen molar-refractivity contribution < 1.29 is 24.2 Å². The van der Waals surface area contributed by atoms with Gasteiger partial charge in [0.05, 0.1) is 12.2 Å². The molecule has 0 aliphatic carbocycles. The number of hydrogen-bond acceptors (Lipinski definition) is 6. The highest BCUT2D eigenvalue weighted by Gasteiger charge is 2.10. The Bertz CT molecular complexity index is 1000. The quantitative estimate of drug-likeness (QED) is 0.408. The number of hydrogen-bond donors (Lipinski definition) is 2. The number of allylic oxidation sites excluding steroid dienone is 2. The third-order valence-corrected chi connectivity index (χ3v) is 3.55. The molecular formula is C20H17NO5. The summed E-state index contributed by atoms with van der Waals surface area (Å²) in [5.41, 5.74) is 2.31. The van der Waals surface area contributed by atoms with Crippen molar-refractivity contribution in [3.8, 4) is 11.5 Å². The molecule has 0 aliphatic rings. The van der Waals surface area contributed by atoms with Gasteiger partial charge in [-0.2, -0.15) is 0 Å². The molecular weight excluding hydrogens is 334 g/mol. The summed E-state index contributed by atoms with van der Waals surface area (Å²) in [4.78, 5) is 16.1. The molecule has 2 aromatic carbocycles. The molecule has 0 atom stereocenters. The monoisotopic (exact) mass is 351 g/mol. The summed E-state index contributed by atoms with van der Waals surface area (Å²) >= 11 is 0. The SMILES string of the molecule is CCOC(=O)c1ccc2oc(/C=C/C=C\c3ccc(O)c(O)c3)nc2c1. The van der Waals surface area contributed by atoms with Gasteiger partial charge in [0.25, 0.3) is 0 Å². The first kappa shape index (κ1) is 17.3. The van der Waals surface area contributed by atoms with Crippen molar-refractivity contribution in [1.29, 1.82) is 0 Å². The summed E-state index contributed by atoms with van der Waals surface area (Å²) in [5, 5.41) is 18.7. The number of aromatic hydroxyl groups is 2. The molecule has 1 heterocycles. The standard InChI is InChI=1S/C20H17NO5/c1-2-25-20(24)14-8-10-18-15(12-14)21-19(26-18)6-4-3-5-13-7-9-16(22)17(23)11-13/h3-12,22-23H,2H2,1H3/b5-3-,6-4+. The number of fused-ring (bicyclic) bond motifs is 1. The Balaban J connectivity index is 1.73. The zero-order valence-electron chi connectivity index (χ0n) is 14.0. The Hall–Kier alpha value is -3.54. The summed E-state index contributed by atoms with van der Waals surface area (Å²) in [6.45, 7) is 2.07. The predicted molar refractivity (Wildman–Crippen MR) is 97.8 cm³/mol. The van der Waals surface area contributed by atoms with Crippen LogP contribution in [-0.2, 0) is 4.74 Å². The number of aromatic nitrogens is 1. The van der Waals surface area contributed by atoms with E-state index in [4.69, 9.17) is 9.15 Å². The van der Waals surface area contributed by atoms with Gasteiger partial charge in [-0.1, -0.05) is 24.3 Å². The molecule has 6 heteroatoms. The van der Waals surface area contributed by atoms with E-state index < -0.39 is 5.97 Å². The van der Waals surface area contributed by atoms with E-state index in [2.05, 4.69) is 4.98 Å². The van der Waals surface area contributed by atoms with Crippen LogP contribution in [0.3, 0.4) is 0 Å². The molecule has 0 saturated heterocycles. The molecule has 3 rings (SSSR count). The minimum atomic E-state index is -0.394. The van der Waals surface area contributed by atoms with Crippen molar-refractivity contribution in [2.45, 2.75) is 6.92 Å². The Labute approximate surface area is 149 Å². The minimum Gasteiger partial charge on any atom is -0.504 e. The number of carbonyl (C=O) groups excluding carboxylic acids is 1. The van der Waals surface area contributed by atoms with Crippen LogP contribution in [0.5, 0.6) is 11.5 Å². The average molecular weight is 351 g/mol. The lowest BCUT2D eigenvalue weighted by atomic mass is 10.2. The van der Waals surface area contributed by atoms with Crippen LogP contribution in [-0.4, -0.2) is 27.8 Å². The maximum absolute atomic E-state index is 11.7. The molecule has 132 valence electrons. The molecule has 0 saturated carbocycles. The van der Waals surface area contributed by atoms with Crippen molar-refractivity contribution in [2.24, 2.45) is 0 Å². The predicted octanol–water partition coefficient (Wildman–Crippen LogP) is 4.14. The first-order chi connectivity index (χ1) is 12.6. The fraction of sp³-hybridized carbons (Fsp3) is 0.100. The normalized spacial score (nSPS) is 11.6. The highest BCUT2D eigenvalue weighted by Crippen LogP contribution is 2.25. The van der Waals surface area contributed by atoms with Gasteiger partial charge >= 0.3 is 5.97 Å². The highest BCUT2D eigenvalue weighted by molar-refractivity contribution is 5.93. The first-order valence-electron chi connectivity index (χ1n) is 8.01. The van der Waals surface area contributed by atoms with E-state index in [9.17, 15) is 15.0 Å². The van der Waals surface area contributed by atoms with Crippen molar-refractivity contribution in [3.63, 3.8) is 0 Å². The molecule has 3 aromatic rings. The molecule has 26 heavy (non-hydrogen) atoms. The van der Waals surface area contributed by atoms with Gasteiger partial charge in [0.2, 0.25) is 5.89 Å². The van der Waals surface area contributed by atoms with Crippen LogP contribution >= 0.6 is 0 Å². The number of esters is 1. The van der Waals surface area contributed by atoms with Gasteiger partial charge in [0.1, 0.15) is 5.52 Å². The number of benzene rings is 2. The molecule has 0 spiro atoms. The average Bonchev–Trinajstić information content (AvgIpc) is 3.03. The van der Waals surface area contributed by atoms with Crippen LogP contribution in [0, 0.1) is 0 Å². The van der Waals surface area contributed by atoms with Crippen LogP contribution in [0.2, 0.25) is 0 Å². The highest BCUT2D eigenvalue weighted by atomic mass is 16.5. The second kappa shape index (κ2) is 7.57. The van der Waals surface area contributed by atoms with Crippen LogP contribution in [0.25, 0.3) is 23.3 Å². The minimum absolute atomic E-state index is 0.161. The first-order valence-corrected chi connectivity index (χ1v) is 8.01. The zero-order valence-corrected chi connectivity index (χ0v) is 14.0. The lowest BCUT2D eigenvalue weighted by molar-refractivity contribution is 0.0526. The number of oxazole rings is 1. The van der Waals surface area contributed by atoms with Gasteiger partial charge in [-0.05, 0) is 42.8 Å². The number of nitrogens with zero attached hydrogens (tertiary/aromatic N) is 1. The summed E-state index contributed by atoms with van der Waals surface area (Å²) in [6, 6.07) is 9.49. The van der Waals surface area contributed by atoms with Gasteiger partial charge in [0, 0.05) is 6.08 Å². The van der Waals surface area contributed by atoms with Gasteiger partial charge in [-0.15, -0.1) is 0 Å². The number of phenolic OH excluding ortho intramolecular Hbond substituents is 2. The number of phenols is 2. The fourth-order valence-corrected chi connectivity index (χ4v) is 2.31. The van der Waals surface area contributed by atoms with E-state index in [1.54, 1.807) is 55.5 Å². The molecule has 0 bridgehead atoms. The molecule has 0 radical (unpaired) electrons. The van der Waals surface area contributed by atoms with E-state index in [1.165, 1.54) is 12.1 Å². The van der Waals surface area contributed by atoms with Crippen LogP contribution in [0.1, 0.15) is 28.7 Å². The van der Waals surface area contributed by atoms with Crippen LogP contribution in [0.15, 0.2) is 53.0 Å². The zero-order chi connectivity index (χ0) is 18.5. The maximum atomic E-state index is 11.7. The summed E-state index contributed by atoms with van der Waals surface area (Å²) in [6.07, 6.45) is 6.93. The van der Waals surface area contributed by atoms with Crippen molar-refractivity contribution >= 4 is 29.2 Å². The van der Waals surface area contributed by atoms with Crippen LogP contribution in [0.4, 0.5) is 0 Å². The molecule has 6 nitrogen and oxygen atoms in total. The van der Waals surface area contributed by atoms with Crippen molar-refractivity contribution in [2.75, 3.05) is 6.61 Å². The van der Waals surface area contributed by atoms with Crippen molar-refractivity contribution in [3.05, 3.63) is 65.6 Å². The molecule has 0 aliphatic heterocycles. The summed E-state index contributed by atoms with van der Waals surface area (Å²) in [5.74, 6) is -0.326. The van der Waals surface area contributed by atoms with Gasteiger partial charge in [0.15, 0.2) is 17.1 Å². The third-order valence-electron chi connectivity index (χ3n) is 3.55. The van der Waals surface area contributed by atoms with Gasteiger partial charge in [-0.3, -0.25) is 0 Å². The van der Waals surface area contributed by atoms with E-state index in [0.717, 1.165) is 5.56 Å². The number of ether oxygens (including phenoxy) is 1. The van der Waals surface area contributed by atoms with Crippen LogP contribution < -0.4 is 0 Å². The molecule has 0 fully saturated rings. The topological polar surface area (TPSA) is 92.8 Å².